The van der Waals surface area contributed by atoms with Crippen molar-refractivity contribution in [1.29, 1.82) is 0 Å². The first-order valence-electron chi connectivity index (χ1n) is 7.73. The molecule has 2 rings (SSSR count). The van der Waals surface area contributed by atoms with Crippen LogP contribution < -0.4 is 0 Å². The molecule has 2 nitrogen and oxygen atoms in total. The van der Waals surface area contributed by atoms with Crippen molar-refractivity contribution in [2.45, 2.75) is 57.7 Å². The van der Waals surface area contributed by atoms with Crippen LogP contribution in [-0.4, -0.2) is 23.4 Å². The minimum absolute atomic E-state index is 0.0487. The maximum atomic E-state index is 13.8. The van der Waals surface area contributed by atoms with Crippen LogP contribution >= 0.6 is 0 Å². The second kappa shape index (κ2) is 6.84. The fourth-order valence-corrected chi connectivity index (χ4v) is 3.22. The molecule has 1 N–H and O–H groups in total. The molecule has 0 radical (unpaired) electrons. The average molecular weight is 298 g/mol. The van der Waals surface area contributed by atoms with Crippen molar-refractivity contribution in [2.24, 2.45) is 5.92 Å². The highest BCUT2D eigenvalue weighted by Gasteiger charge is 2.41. The fraction of sp³-hybridized carbons (Fsp3) is 0.647. The normalized spacial score (nSPS) is 27.6. The van der Waals surface area contributed by atoms with E-state index in [2.05, 4.69) is 6.92 Å². The molecule has 21 heavy (non-hydrogen) atoms. The molecule has 1 atom stereocenters. The number of benzene rings is 1. The zero-order valence-corrected chi connectivity index (χ0v) is 12.7. The van der Waals surface area contributed by atoms with Gasteiger partial charge in [0.05, 0.1) is 11.7 Å². The summed E-state index contributed by atoms with van der Waals surface area (Å²) >= 11 is 0. The van der Waals surface area contributed by atoms with Crippen molar-refractivity contribution in [3.8, 4) is 0 Å². The first kappa shape index (κ1) is 16.4. The summed E-state index contributed by atoms with van der Waals surface area (Å²) in [6, 6.07) is 3.78. The topological polar surface area (TPSA) is 29.5 Å². The van der Waals surface area contributed by atoms with Crippen LogP contribution in [0.3, 0.4) is 0 Å². The Morgan fingerprint density at radius 1 is 1.29 bits per heavy atom. The Hall–Kier alpha value is -1.00. The van der Waals surface area contributed by atoms with Crippen molar-refractivity contribution in [2.75, 3.05) is 6.61 Å². The average Bonchev–Trinajstić information content (AvgIpc) is 2.46. The summed E-state index contributed by atoms with van der Waals surface area (Å²) in [7, 11) is 0. The zero-order chi connectivity index (χ0) is 15.5. The highest BCUT2D eigenvalue weighted by molar-refractivity contribution is 5.21. The van der Waals surface area contributed by atoms with Crippen LogP contribution in [-0.2, 0) is 11.2 Å². The fourth-order valence-electron chi connectivity index (χ4n) is 3.22. The number of aliphatic hydroxyl groups is 1. The lowest BCUT2D eigenvalue weighted by molar-refractivity contribution is -0.143. The van der Waals surface area contributed by atoms with Crippen LogP contribution in [0.25, 0.3) is 0 Å². The molecule has 1 aliphatic carbocycles. The lowest BCUT2D eigenvalue weighted by atomic mass is 9.75. The van der Waals surface area contributed by atoms with Gasteiger partial charge in [-0.1, -0.05) is 13.0 Å². The predicted octanol–water partition coefficient (Wildman–Crippen LogP) is 3.85. The first-order chi connectivity index (χ1) is 9.98. The molecular formula is C17H24F2O2. The van der Waals surface area contributed by atoms with E-state index in [1.54, 1.807) is 0 Å². The van der Waals surface area contributed by atoms with E-state index in [4.69, 9.17) is 4.74 Å². The third kappa shape index (κ3) is 3.61. The molecule has 1 unspecified atom stereocenters. The quantitative estimate of drug-likeness (QED) is 0.894. The van der Waals surface area contributed by atoms with Crippen LogP contribution in [0.1, 0.15) is 45.1 Å². The van der Waals surface area contributed by atoms with Crippen molar-refractivity contribution in [3.05, 3.63) is 35.4 Å². The number of hydrogen-bond acceptors (Lipinski definition) is 2. The van der Waals surface area contributed by atoms with E-state index in [1.807, 2.05) is 6.92 Å². The largest absolute Gasteiger partial charge is 0.390 e. The lowest BCUT2D eigenvalue weighted by Crippen LogP contribution is -2.48. The van der Waals surface area contributed by atoms with Gasteiger partial charge in [-0.3, -0.25) is 0 Å². The van der Waals surface area contributed by atoms with Crippen molar-refractivity contribution in [1.82, 2.24) is 0 Å². The number of ether oxygens (including phenoxy) is 1. The monoisotopic (exact) mass is 298 g/mol. The van der Waals surface area contributed by atoms with Gasteiger partial charge in [0.25, 0.3) is 0 Å². The van der Waals surface area contributed by atoms with Gasteiger partial charge in [-0.15, -0.1) is 0 Å². The van der Waals surface area contributed by atoms with Crippen LogP contribution in [0.15, 0.2) is 18.2 Å². The molecule has 0 amide bonds. The molecule has 4 heteroatoms. The van der Waals surface area contributed by atoms with Gasteiger partial charge < -0.3 is 9.84 Å². The summed E-state index contributed by atoms with van der Waals surface area (Å²) in [5.74, 6) is -0.606. The maximum absolute atomic E-state index is 13.8. The summed E-state index contributed by atoms with van der Waals surface area (Å²) < 4.78 is 33.4. The molecule has 1 saturated carbocycles. The molecule has 0 bridgehead atoms. The number of hydrogen-bond donors (Lipinski definition) is 1. The Bertz CT molecular complexity index is 448. The SMILES string of the molecule is CCOC1(C(O)Cc2c(F)cccc2F)CCC(C)CC1. The second-order valence-electron chi connectivity index (χ2n) is 6.10. The summed E-state index contributed by atoms with van der Waals surface area (Å²) in [5.41, 5.74) is -0.724. The molecule has 0 heterocycles. The maximum Gasteiger partial charge on any atom is 0.129 e. The smallest absolute Gasteiger partial charge is 0.129 e. The van der Waals surface area contributed by atoms with Gasteiger partial charge >= 0.3 is 0 Å². The molecule has 0 saturated heterocycles. The standard InChI is InChI=1S/C17H24F2O2/c1-3-21-17(9-7-12(2)8-10-17)16(20)11-13-14(18)5-4-6-15(13)19/h4-6,12,16,20H,3,7-11H2,1-2H3. The number of rotatable bonds is 5. The highest BCUT2D eigenvalue weighted by Crippen LogP contribution is 2.38. The molecule has 1 fully saturated rings. The van der Waals surface area contributed by atoms with Gasteiger partial charge in [0, 0.05) is 18.6 Å². The Balaban J connectivity index is 2.17. The van der Waals surface area contributed by atoms with E-state index in [9.17, 15) is 13.9 Å². The van der Waals surface area contributed by atoms with Gasteiger partial charge in [-0.2, -0.15) is 0 Å². The molecule has 1 aromatic carbocycles. The van der Waals surface area contributed by atoms with Crippen LogP contribution in [0.5, 0.6) is 0 Å². The molecule has 1 aromatic rings. The van der Waals surface area contributed by atoms with Crippen LogP contribution in [0, 0.1) is 17.6 Å². The van der Waals surface area contributed by atoms with Crippen molar-refractivity contribution < 1.29 is 18.6 Å². The van der Waals surface area contributed by atoms with E-state index >= 15 is 0 Å². The first-order valence-corrected chi connectivity index (χ1v) is 7.73. The van der Waals surface area contributed by atoms with E-state index in [0.29, 0.717) is 12.5 Å². The Morgan fingerprint density at radius 3 is 2.38 bits per heavy atom. The summed E-state index contributed by atoms with van der Waals surface area (Å²) in [6.45, 7) is 4.56. The van der Waals surface area contributed by atoms with E-state index in [1.165, 1.54) is 18.2 Å². The van der Waals surface area contributed by atoms with E-state index < -0.39 is 23.3 Å². The van der Waals surface area contributed by atoms with Gasteiger partial charge in [-0.25, -0.2) is 8.78 Å². The zero-order valence-electron chi connectivity index (χ0n) is 12.7. The van der Waals surface area contributed by atoms with Gasteiger partial charge in [-0.05, 0) is 50.7 Å². The van der Waals surface area contributed by atoms with Crippen molar-refractivity contribution >= 4 is 0 Å². The van der Waals surface area contributed by atoms with E-state index in [0.717, 1.165) is 25.7 Å². The minimum Gasteiger partial charge on any atom is -0.390 e. The van der Waals surface area contributed by atoms with Crippen LogP contribution in [0.2, 0.25) is 0 Å². The van der Waals surface area contributed by atoms with Crippen molar-refractivity contribution in [3.63, 3.8) is 0 Å². The molecular weight excluding hydrogens is 274 g/mol. The molecule has 0 aliphatic heterocycles. The van der Waals surface area contributed by atoms with Crippen LogP contribution in [0.4, 0.5) is 8.78 Å². The Kier molecular flexibility index (Phi) is 5.33. The highest BCUT2D eigenvalue weighted by atomic mass is 19.1. The third-order valence-corrected chi connectivity index (χ3v) is 4.62. The Morgan fingerprint density at radius 2 is 1.86 bits per heavy atom. The minimum atomic E-state index is -0.892. The molecule has 0 spiro atoms. The summed E-state index contributed by atoms with van der Waals surface area (Å²) in [6.07, 6.45) is 2.47. The third-order valence-electron chi connectivity index (χ3n) is 4.62. The molecule has 118 valence electrons. The number of aliphatic hydroxyl groups excluding tert-OH is 1. The molecule has 1 aliphatic rings. The van der Waals surface area contributed by atoms with Gasteiger partial charge in [0.2, 0.25) is 0 Å². The Labute approximate surface area is 125 Å². The van der Waals surface area contributed by atoms with Gasteiger partial charge in [0.15, 0.2) is 0 Å². The van der Waals surface area contributed by atoms with E-state index in [-0.39, 0.29) is 12.0 Å². The molecule has 0 aromatic heterocycles. The summed E-state index contributed by atoms with van der Waals surface area (Å²) in [4.78, 5) is 0. The second-order valence-corrected chi connectivity index (χ2v) is 6.10. The lowest BCUT2D eigenvalue weighted by Gasteiger charge is -2.42. The van der Waals surface area contributed by atoms with Gasteiger partial charge in [0.1, 0.15) is 11.6 Å². The summed E-state index contributed by atoms with van der Waals surface area (Å²) in [5, 5.41) is 10.6. The predicted molar refractivity (Wildman–Crippen MR) is 78.1 cm³/mol. The number of halogens is 2.